The van der Waals surface area contributed by atoms with Crippen LogP contribution >= 0.6 is 0 Å². The first kappa shape index (κ1) is 56.9. The molecule has 0 aromatic heterocycles. The normalized spacial score (nSPS) is 12.1. The lowest BCUT2D eigenvalue weighted by Crippen LogP contribution is -2.30. The van der Waals surface area contributed by atoms with Crippen molar-refractivity contribution >= 4 is 17.9 Å². The van der Waals surface area contributed by atoms with Gasteiger partial charge in [-0.3, -0.25) is 14.4 Å². The smallest absolute Gasteiger partial charge is 0.306 e. The number of hydrogen-bond acceptors (Lipinski definition) is 6. The molecule has 0 spiro atoms. The molecule has 346 valence electrons. The predicted molar refractivity (Wildman–Crippen MR) is 252 cm³/mol. The summed E-state index contributed by atoms with van der Waals surface area (Å²) < 4.78 is 16.6. The molecule has 0 N–H and O–H groups in total. The maximum Gasteiger partial charge on any atom is 0.306 e. The highest BCUT2D eigenvalue weighted by atomic mass is 16.6. The second-order valence-electron chi connectivity index (χ2n) is 17.4. The van der Waals surface area contributed by atoms with E-state index in [-0.39, 0.29) is 31.1 Å². The zero-order valence-corrected chi connectivity index (χ0v) is 39.5. The highest BCUT2D eigenvalue weighted by Gasteiger charge is 2.19. The summed E-state index contributed by atoms with van der Waals surface area (Å²) in [5, 5.41) is 0. The van der Waals surface area contributed by atoms with Gasteiger partial charge in [-0.1, -0.05) is 231 Å². The largest absolute Gasteiger partial charge is 0.462 e. The molecule has 59 heavy (non-hydrogen) atoms. The van der Waals surface area contributed by atoms with Crippen LogP contribution in [0.3, 0.4) is 0 Å². The molecule has 6 heteroatoms. The van der Waals surface area contributed by atoms with Crippen molar-refractivity contribution in [1.82, 2.24) is 0 Å². The summed E-state index contributed by atoms with van der Waals surface area (Å²) in [7, 11) is 0. The molecule has 0 heterocycles. The molecule has 0 aliphatic carbocycles. The summed E-state index contributed by atoms with van der Waals surface area (Å²) in [5.41, 5.74) is 0. The number of ether oxygens (including phenoxy) is 3. The minimum absolute atomic E-state index is 0.0681. The Hall–Kier alpha value is -2.11. The summed E-state index contributed by atoms with van der Waals surface area (Å²) in [6, 6.07) is 0. The van der Waals surface area contributed by atoms with Gasteiger partial charge in [0.25, 0.3) is 0 Å². The summed E-state index contributed by atoms with van der Waals surface area (Å²) >= 11 is 0. The van der Waals surface area contributed by atoms with Crippen molar-refractivity contribution in [2.45, 2.75) is 284 Å². The summed E-state index contributed by atoms with van der Waals surface area (Å²) in [6.07, 6.45) is 55.0. The van der Waals surface area contributed by atoms with Crippen LogP contribution in [0.5, 0.6) is 0 Å². The quantitative estimate of drug-likeness (QED) is 0.0263. The van der Waals surface area contributed by atoms with Crippen LogP contribution in [0.25, 0.3) is 0 Å². The number of carbonyl (C=O) groups is 3. The molecule has 0 fully saturated rings. The van der Waals surface area contributed by atoms with E-state index in [4.69, 9.17) is 14.2 Å². The van der Waals surface area contributed by atoms with Gasteiger partial charge in [-0.15, -0.1) is 0 Å². The number of esters is 3. The summed E-state index contributed by atoms with van der Waals surface area (Å²) in [4.78, 5) is 37.5. The topological polar surface area (TPSA) is 78.9 Å². The molecule has 0 saturated heterocycles. The van der Waals surface area contributed by atoms with Crippen molar-refractivity contribution < 1.29 is 28.6 Å². The van der Waals surface area contributed by atoms with E-state index in [9.17, 15) is 14.4 Å². The zero-order chi connectivity index (χ0) is 43.0. The van der Waals surface area contributed by atoms with Gasteiger partial charge in [0.15, 0.2) is 6.10 Å². The standard InChI is InChI=1S/C53H98O6/c1-4-7-10-13-15-17-19-20-21-22-23-24-25-26-27-28-29-30-31-32-34-35-37-40-43-46-52(55)58-49-50(48-57-51(54)45-42-39-12-9-6-3)59-53(56)47-44-41-38-36-33-18-16-14-11-8-5-2/h19-20,22-23,50H,4-18,21,24-49H2,1-3H3/b20-19-,23-22-. The van der Waals surface area contributed by atoms with Crippen LogP contribution in [0, 0.1) is 0 Å². The molecular weight excluding hydrogens is 733 g/mol. The first-order valence-corrected chi connectivity index (χ1v) is 25.8. The van der Waals surface area contributed by atoms with Crippen LogP contribution in [0.4, 0.5) is 0 Å². The fourth-order valence-corrected chi connectivity index (χ4v) is 7.53. The molecule has 0 rings (SSSR count). The van der Waals surface area contributed by atoms with Gasteiger partial charge in [-0.25, -0.2) is 0 Å². The Morgan fingerprint density at radius 3 is 0.932 bits per heavy atom. The number of carbonyl (C=O) groups excluding carboxylic acids is 3. The third-order valence-corrected chi connectivity index (χ3v) is 11.5. The lowest BCUT2D eigenvalue weighted by molar-refractivity contribution is -0.167. The van der Waals surface area contributed by atoms with Crippen LogP contribution in [0.15, 0.2) is 24.3 Å². The summed E-state index contributed by atoms with van der Waals surface area (Å²) in [5.74, 6) is -0.873. The van der Waals surface area contributed by atoms with Crippen molar-refractivity contribution in [3.05, 3.63) is 24.3 Å². The average Bonchev–Trinajstić information content (AvgIpc) is 3.23. The molecule has 0 radical (unpaired) electrons. The van der Waals surface area contributed by atoms with Crippen molar-refractivity contribution in [3.8, 4) is 0 Å². The SMILES string of the molecule is CCCCCCC/C=C\C/C=C\CCCCCCCCCCCCCCCC(=O)OCC(COC(=O)CCCCCCC)OC(=O)CCCCCCCCCCCCC. The van der Waals surface area contributed by atoms with E-state index < -0.39 is 6.10 Å². The van der Waals surface area contributed by atoms with Gasteiger partial charge in [-0.05, 0) is 51.4 Å². The van der Waals surface area contributed by atoms with E-state index in [1.54, 1.807) is 0 Å². The van der Waals surface area contributed by atoms with Crippen molar-refractivity contribution in [3.63, 3.8) is 0 Å². The predicted octanol–water partition coefficient (Wildman–Crippen LogP) is 16.8. The number of unbranched alkanes of at least 4 members (excludes halogenated alkanes) is 32. The van der Waals surface area contributed by atoms with Gasteiger partial charge >= 0.3 is 17.9 Å². The molecule has 0 amide bonds. The monoisotopic (exact) mass is 831 g/mol. The van der Waals surface area contributed by atoms with E-state index in [0.717, 1.165) is 70.6 Å². The van der Waals surface area contributed by atoms with Gasteiger partial charge in [0.05, 0.1) is 0 Å². The Bertz CT molecular complexity index is 958. The fourth-order valence-electron chi connectivity index (χ4n) is 7.53. The zero-order valence-electron chi connectivity index (χ0n) is 39.5. The minimum atomic E-state index is -0.761. The van der Waals surface area contributed by atoms with Crippen LogP contribution in [-0.4, -0.2) is 37.2 Å². The van der Waals surface area contributed by atoms with Crippen molar-refractivity contribution in [1.29, 1.82) is 0 Å². The Kier molecular flexibility index (Phi) is 46.8. The Labute approximate surface area is 366 Å². The second-order valence-corrected chi connectivity index (χ2v) is 17.4. The van der Waals surface area contributed by atoms with E-state index in [1.165, 1.54) is 167 Å². The molecule has 0 aromatic carbocycles. The molecule has 6 nitrogen and oxygen atoms in total. The Morgan fingerprint density at radius 2 is 0.610 bits per heavy atom. The van der Waals surface area contributed by atoms with Crippen LogP contribution < -0.4 is 0 Å². The van der Waals surface area contributed by atoms with E-state index in [2.05, 4.69) is 45.1 Å². The first-order valence-electron chi connectivity index (χ1n) is 25.8. The van der Waals surface area contributed by atoms with Crippen LogP contribution in [-0.2, 0) is 28.6 Å². The highest BCUT2D eigenvalue weighted by molar-refractivity contribution is 5.71. The molecule has 1 unspecified atom stereocenters. The Balaban J connectivity index is 4.00. The molecule has 0 aliphatic heterocycles. The molecule has 1 atom stereocenters. The minimum Gasteiger partial charge on any atom is -0.462 e. The fraction of sp³-hybridized carbons (Fsp3) is 0.868. The van der Waals surface area contributed by atoms with Crippen LogP contribution in [0.1, 0.15) is 278 Å². The lowest BCUT2D eigenvalue weighted by atomic mass is 10.0. The average molecular weight is 831 g/mol. The molecule has 0 bridgehead atoms. The highest BCUT2D eigenvalue weighted by Crippen LogP contribution is 2.16. The van der Waals surface area contributed by atoms with Crippen LogP contribution in [0.2, 0.25) is 0 Å². The molecule has 0 aromatic rings. The van der Waals surface area contributed by atoms with Crippen molar-refractivity contribution in [2.24, 2.45) is 0 Å². The second kappa shape index (κ2) is 48.6. The first-order chi connectivity index (χ1) is 29.0. The van der Waals surface area contributed by atoms with Gasteiger partial charge in [0.1, 0.15) is 13.2 Å². The maximum atomic E-state index is 12.7. The summed E-state index contributed by atoms with van der Waals surface area (Å²) in [6.45, 7) is 6.56. The molecule has 0 saturated carbocycles. The third kappa shape index (κ3) is 46.8. The maximum absolute atomic E-state index is 12.7. The number of allylic oxidation sites excluding steroid dienone is 4. The van der Waals surface area contributed by atoms with Gasteiger partial charge in [0.2, 0.25) is 0 Å². The van der Waals surface area contributed by atoms with Gasteiger partial charge in [-0.2, -0.15) is 0 Å². The molecular formula is C53H98O6. The number of hydrogen-bond donors (Lipinski definition) is 0. The van der Waals surface area contributed by atoms with E-state index >= 15 is 0 Å². The van der Waals surface area contributed by atoms with Gasteiger partial charge in [0, 0.05) is 19.3 Å². The van der Waals surface area contributed by atoms with Crippen molar-refractivity contribution in [2.75, 3.05) is 13.2 Å². The van der Waals surface area contributed by atoms with E-state index in [1.807, 2.05) is 0 Å². The third-order valence-electron chi connectivity index (χ3n) is 11.5. The molecule has 0 aliphatic rings. The Morgan fingerprint density at radius 1 is 0.339 bits per heavy atom. The van der Waals surface area contributed by atoms with E-state index in [0.29, 0.717) is 19.3 Å². The van der Waals surface area contributed by atoms with Gasteiger partial charge < -0.3 is 14.2 Å². The lowest BCUT2D eigenvalue weighted by Gasteiger charge is -2.18. The number of rotatable bonds is 47.